The minimum atomic E-state index is 0.251. The fourth-order valence-electron chi connectivity index (χ4n) is 18.8. The van der Waals surface area contributed by atoms with E-state index < -0.39 is 0 Å². The molecule has 10 aromatic heterocycles. The van der Waals surface area contributed by atoms with Crippen molar-refractivity contribution in [3.8, 4) is 56.3 Å². The summed E-state index contributed by atoms with van der Waals surface area (Å²) in [5.74, 6) is 1.68. The molecular formula is C115H105N10O5+5. The Hall–Kier alpha value is -15.6. The predicted molar refractivity (Wildman–Crippen MR) is 527 cm³/mol. The van der Waals surface area contributed by atoms with Crippen LogP contribution in [0.2, 0.25) is 0 Å². The highest BCUT2D eigenvalue weighted by atomic mass is 16.3. The van der Waals surface area contributed by atoms with Crippen molar-refractivity contribution in [1.82, 2.24) is 0 Å². The normalized spacial score (nSPS) is 11.4. The van der Waals surface area contributed by atoms with E-state index >= 15 is 0 Å². The van der Waals surface area contributed by atoms with Gasteiger partial charge in [-0.1, -0.05) is 136 Å². The number of aromatic nitrogens is 5. The number of pyridine rings is 5. The van der Waals surface area contributed by atoms with Crippen molar-refractivity contribution in [3.63, 3.8) is 0 Å². The first-order valence-electron chi connectivity index (χ1n) is 44.2. The van der Waals surface area contributed by atoms with Crippen LogP contribution in [0, 0.1) is 67.5 Å². The third-order valence-electron chi connectivity index (χ3n) is 25.1. The molecule has 0 amide bonds. The molecular weight excluding hydrogens is 1600 g/mol. The molecule has 20 rings (SSSR count). The van der Waals surface area contributed by atoms with Crippen molar-refractivity contribution in [2.75, 3.05) is 0 Å². The molecule has 0 aliphatic carbocycles. The molecule has 15 nitrogen and oxygen atoms in total. The second-order valence-corrected chi connectivity index (χ2v) is 35.5. The number of hydrogen-bond donors (Lipinski definition) is 0. The van der Waals surface area contributed by atoms with Crippen LogP contribution >= 0.6 is 0 Å². The van der Waals surface area contributed by atoms with Crippen molar-refractivity contribution >= 4 is 138 Å². The number of benzene rings is 10. The Labute approximate surface area is 759 Å². The molecule has 0 saturated carbocycles. The summed E-state index contributed by atoms with van der Waals surface area (Å²) in [6, 6.07) is 71.6. The summed E-state index contributed by atoms with van der Waals surface area (Å²) in [6.45, 7) is 70.0. The molecule has 0 N–H and O–H groups in total. The third kappa shape index (κ3) is 16.0. The van der Waals surface area contributed by atoms with Crippen LogP contribution in [0.25, 0.3) is 190 Å². The quantitative estimate of drug-likeness (QED) is 0.100. The van der Waals surface area contributed by atoms with Crippen LogP contribution in [-0.2, 0) is 35.2 Å². The predicted octanol–water partition coefficient (Wildman–Crippen LogP) is 30.3. The first-order valence-corrected chi connectivity index (χ1v) is 44.2. The highest BCUT2D eigenvalue weighted by Crippen LogP contribution is 2.50. The lowest BCUT2D eigenvalue weighted by atomic mass is 9.91. The van der Waals surface area contributed by atoms with Gasteiger partial charge in [-0.25, -0.2) is 47.1 Å². The molecule has 0 aliphatic rings. The Bertz CT molecular complexity index is 8170. The summed E-state index contributed by atoms with van der Waals surface area (Å²) in [5, 5.41) is 10.8. The Morgan fingerprint density at radius 1 is 0.254 bits per heavy atom. The molecule has 0 atom stereocenters. The fourth-order valence-corrected chi connectivity index (χ4v) is 18.8. The number of hydrogen-bond acceptors (Lipinski definition) is 5. The zero-order valence-electron chi connectivity index (χ0n) is 77.5. The summed E-state index contributed by atoms with van der Waals surface area (Å²) in [7, 11) is 10.2. The average molecular weight is 1710 g/mol. The van der Waals surface area contributed by atoms with Crippen molar-refractivity contribution in [2.24, 2.45) is 35.2 Å². The number of furan rings is 5. The lowest BCUT2D eigenvalue weighted by molar-refractivity contribution is -0.660. The second-order valence-electron chi connectivity index (χ2n) is 35.5. The maximum absolute atomic E-state index is 7.95. The zero-order chi connectivity index (χ0) is 92.1. The van der Waals surface area contributed by atoms with E-state index in [2.05, 4.69) is 287 Å². The second kappa shape index (κ2) is 36.0. The SMILES string of the molecule is [C-]#[N+]c1c(-c2cccc[n+]2C)c(C)cc2oc3cccc(C(C)C)c3c12.[C-]#[N+]c1cc(C(C)C)c2c(c1)oc1cc(C)c(-c3cccc[n+]3C)cc12.[C-]#[N+]c1ccc2c(c1)oc1c(-c3cccc[n+]3C)c(C)cc(C(C)C)c12.[C-]#[N+]c1ccc2oc3cc(C)c(-c4cccc[n+]4C)cc3c2c1C(C)C.[C-]#[N+]c1cccc2c1oc1c(-c3cccc[n+]3C)c(C)cc(C(C)C)c12. The van der Waals surface area contributed by atoms with Crippen LogP contribution < -0.4 is 22.8 Å². The molecule has 640 valence electrons. The molecule has 130 heavy (non-hydrogen) atoms. The van der Waals surface area contributed by atoms with E-state index in [1.165, 1.54) is 61.3 Å². The van der Waals surface area contributed by atoms with Gasteiger partial charge < -0.3 is 22.1 Å². The minimum Gasteiger partial charge on any atom is -0.466 e. The van der Waals surface area contributed by atoms with Crippen LogP contribution in [0.3, 0.4) is 0 Å². The van der Waals surface area contributed by atoms with E-state index in [0.29, 0.717) is 57.7 Å². The number of para-hydroxylation sites is 1. The summed E-state index contributed by atoms with van der Waals surface area (Å²) < 4.78 is 41.7. The van der Waals surface area contributed by atoms with Crippen LogP contribution in [0.4, 0.5) is 28.4 Å². The van der Waals surface area contributed by atoms with Crippen molar-refractivity contribution in [1.29, 1.82) is 0 Å². The van der Waals surface area contributed by atoms with Crippen LogP contribution in [0.5, 0.6) is 0 Å². The minimum absolute atomic E-state index is 0.251. The van der Waals surface area contributed by atoms with Gasteiger partial charge in [-0.15, -0.1) is 0 Å². The summed E-state index contributed by atoms with van der Waals surface area (Å²) >= 11 is 0. The van der Waals surface area contributed by atoms with Gasteiger partial charge in [-0.2, -0.15) is 0 Å². The molecule has 10 heterocycles. The largest absolute Gasteiger partial charge is 0.466 e. The standard InChI is InChI=1S/5C23H21N2O/c1-14(2)17-13-15(3)20(19-11-6-7-12-25(19)5)23-21(17)16-9-8-10-18(24-4)22(16)26-23;1-14(2)16-9-8-11-18-21(16)22-19(26-18)13-15(3)20(23(22)24-4)17-10-6-7-12-25(17)5;1-14(2)22-18(24-4)9-10-20-23(22)17-13-16(15(3)12-21(17)26-20)19-8-6-7-11-25(19)5;1-14(2)18-12-15(3)21(19-8-6-7-11-25(19)5)23-22(18)17-10-9-16(24-4)13-20(17)26-23;1-14(2)17-11-16(24-4)12-22-23(17)19-13-18(15(3)10-21(19)26-22)20-8-6-7-9-25(20)5/h5*6-14H,1-3,5H3/q5*+1. The molecule has 10 aromatic carbocycles. The molecule has 0 radical (unpaired) electrons. The van der Waals surface area contributed by atoms with Gasteiger partial charge in [-0.05, 0) is 205 Å². The highest BCUT2D eigenvalue weighted by molar-refractivity contribution is 6.18. The lowest BCUT2D eigenvalue weighted by Gasteiger charge is -2.12. The van der Waals surface area contributed by atoms with E-state index in [1.807, 2.05) is 143 Å². The van der Waals surface area contributed by atoms with E-state index in [1.54, 1.807) is 0 Å². The molecule has 15 heteroatoms. The van der Waals surface area contributed by atoms with Crippen molar-refractivity contribution in [2.45, 2.75) is 133 Å². The van der Waals surface area contributed by atoms with Gasteiger partial charge in [0.05, 0.1) is 49.6 Å². The summed E-state index contributed by atoms with van der Waals surface area (Å²) in [6.07, 6.45) is 10.2. The fraction of sp³-hybridized carbons (Fsp3) is 0.217. The first kappa shape index (κ1) is 87.9. The van der Waals surface area contributed by atoms with Gasteiger partial charge in [0.15, 0.2) is 48.0 Å². The molecule has 20 aromatic rings. The topological polar surface area (TPSA) is 107 Å². The molecule has 0 fully saturated rings. The van der Waals surface area contributed by atoms with Gasteiger partial charge in [0, 0.05) is 126 Å². The molecule has 0 saturated heterocycles. The van der Waals surface area contributed by atoms with Crippen LogP contribution in [-0.4, -0.2) is 0 Å². The van der Waals surface area contributed by atoms with E-state index in [0.717, 1.165) is 155 Å². The average Bonchev–Trinajstić information content (AvgIpc) is 1.58. The number of fused-ring (bicyclic) bond motifs is 15. The third-order valence-corrected chi connectivity index (χ3v) is 25.1. The van der Waals surface area contributed by atoms with E-state index in [9.17, 15) is 0 Å². The Balaban J connectivity index is 0.000000119. The Kier molecular flexibility index (Phi) is 24.4. The molecule has 0 bridgehead atoms. The van der Waals surface area contributed by atoms with Crippen molar-refractivity contribution in [3.05, 3.63) is 356 Å². The summed E-state index contributed by atoms with van der Waals surface area (Å²) in [4.78, 5) is 18.5. The molecule has 0 aliphatic heterocycles. The van der Waals surface area contributed by atoms with Gasteiger partial charge in [0.2, 0.25) is 39.8 Å². The Morgan fingerprint density at radius 3 is 1.17 bits per heavy atom. The van der Waals surface area contributed by atoms with Gasteiger partial charge >= 0.3 is 0 Å². The Morgan fingerprint density at radius 2 is 0.677 bits per heavy atom. The van der Waals surface area contributed by atoms with E-state index in [4.69, 9.17) is 54.9 Å². The number of rotatable bonds is 10. The summed E-state index contributed by atoms with van der Waals surface area (Å²) in [5.41, 5.74) is 34.5. The zero-order valence-corrected chi connectivity index (χ0v) is 77.5. The lowest BCUT2D eigenvalue weighted by Crippen LogP contribution is -2.30. The maximum atomic E-state index is 7.95. The smallest absolute Gasteiger partial charge is 0.229 e. The number of nitrogens with zero attached hydrogens (tertiary/aromatic N) is 10. The molecule has 0 spiro atoms. The highest BCUT2D eigenvalue weighted by Gasteiger charge is 2.31. The molecule has 0 unspecified atom stereocenters. The van der Waals surface area contributed by atoms with Gasteiger partial charge in [-0.3, -0.25) is 0 Å². The van der Waals surface area contributed by atoms with Crippen LogP contribution in [0.1, 0.15) is 154 Å². The van der Waals surface area contributed by atoms with Crippen molar-refractivity contribution < 1.29 is 44.9 Å². The van der Waals surface area contributed by atoms with Crippen LogP contribution in [0.15, 0.2) is 265 Å². The van der Waals surface area contributed by atoms with E-state index in [-0.39, 0.29) is 5.92 Å². The maximum Gasteiger partial charge on any atom is 0.229 e. The first-order chi connectivity index (χ1) is 62.6. The van der Waals surface area contributed by atoms with Gasteiger partial charge in [0.25, 0.3) is 0 Å². The monoisotopic (exact) mass is 1710 g/mol. The van der Waals surface area contributed by atoms with Gasteiger partial charge in [0.1, 0.15) is 91.1 Å². The number of aryl methyl sites for hydroxylation is 10.